The summed E-state index contributed by atoms with van der Waals surface area (Å²) < 4.78 is 30.9. The molecule has 9 heteroatoms. The zero-order valence-electron chi connectivity index (χ0n) is 16.6. The van der Waals surface area contributed by atoms with Gasteiger partial charge in [0.25, 0.3) is 0 Å². The van der Waals surface area contributed by atoms with Crippen molar-refractivity contribution in [3.63, 3.8) is 0 Å². The highest BCUT2D eigenvalue weighted by molar-refractivity contribution is 7.92. The van der Waals surface area contributed by atoms with Crippen LogP contribution in [0, 0.1) is 6.92 Å². The van der Waals surface area contributed by atoms with Crippen molar-refractivity contribution in [2.45, 2.75) is 26.0 Å². The molecule has 0 saturated heterocycles. The van der Waals surface area contributed by atoms with Crippen LogP contribution in [0.15, 0.2) is 42.5 Å². The van der Waals surface area contributed by atoms with Crippen molar-refractivity contribution >= 4 is 26.6 Å². The maximum absolute atomic E-state index is 11.4. The Balaban J connectivity index is 1.50. The SMILES string of the molecule is Cc1n[nH]c2cc(OCC(C)NCC(O)c3cccc(NS(C)(=O)=O)c3)ccc12. The number of aromatic amines is 1. The number of aliphatic hydroxyl groups is 1. The van der Waals surface area contributed by atoms with Crippen LogP contribution in [0.4, 0.5) is 5.69 Å². The summed E-state index contributed by atoms with van der Waals surface area (Å²) in [5.41, 5.74) is 2.93. The van der Waals surface area contributed by atoms with Gasteiger partial charge in [0.2, 0.25) is 10.0 Å². The molecular formula is C20H26N4O4S. The molecule has 4 N–H and O–H groups in total. The fraction of sp³-hybridized carbons (Fsp3) is 0.350. The molecule has 8 nitrogen and oxygen atoms in total. The number of hydrogen-bond donors (Lipinski definition) is 4. The minimum atomic E-state index is -3.36. The standard InChI is InChI=1S/C20H26N4O4S/c1-13(12-28-17-7-8-18-14(2)22-23-19(18)10-17)21-11-20(25)15-5-4-6-16(9-15)24-29(3,26)27/h4-10,13,20-21,24-25H,11-12H2,1-3H3,(H,22,23). The molecule has 156 valence electrons. The molecule has 0 aliphatic carbocycles. The Morgan fingerprint density at radius 3 is 2.79 bits per heavy atom. The number of H-pyrrole nitrogens is 1. The minimum absolute atomic E-state index is 0.00109. The zero-order chi connectivity index (χ0) is 21.0. The molecule has 2 unspecified atom stereocenters. The first-order chi connectivity index (χ1) is 13.7. The molecule has 2 atom stereocenters. The summed E-state index contributed by atoms with van der Waals surface area (Å²) in [6.45, 7) is 4.66. The number of aromatic nitrogens is 2. The smallest absolute Gasteiger partial charge is 0.229 e. The number of aliphatic hydroxyl groups excluding tert-OH is 1. The normalized spacial score (nSPS) is 13.9. The number of ether oxygens (including phenoxy) is 1. The average molecular weight is 419 g/mol. The average Bonchev–Trinajstić information content (AvgIpc) is 3.03. The van der Waals surface area contributed by atoms with Gasteiger partial charge in [-0.2, -0.15) is 5.10 Å². The van der Waals surface area contributed by atoms with Crippen LogP contribution in [0.1, 0.15) is 24.3 Å². The van der Waals surface area contributed by atoms with Gasteiger partial charge in [-0.25, -0.2) is 8.42 Å². The van der Waals surface area contributed by atoms with Gasteiger partial charge < -0.3 is 15.2 Å². The largest absolute Gasteiger partial charge is 0.492 e. The van der Waals surface area contributed by atoms with Crippen molar-refractivity contribution < 1.29 is 18.3 Å². The first-order valence-electron chi connectivity index (χ1n) is 9.28. The zero-order valence-corrected chi connectivity index (χ0v) is 17.5. The summed E-state index contributed by atoms with van der Waals surface area (Å²) in [4.78, 5) is 0. The molecule has 0 spiro atoms. The molecule has 0 amide bonds. The van der Waals surface area contributed by atoms with E-state index in [1.807, 2.05) is 32.0 Å². The van der Waals surface area contributed by atoms with Gasteiger partial charge in [-0.15, -0.1) is 0 Å². The molecular weight excluding hydrogens is 392 g/mol. The van der Waals surface area contributed by atoms with E-state index in [4.69, 9.17) is 4.74 Å². The lowest BCUT2D eigenvalue weighted by atomic mass is 10.1. The lowest BCUT2D eigenvalue weighted by Crippen LogP contribution is -2.34. The number of benzene rings is 2. The quantitative estimate of drug-likeness (QED) is 0.424. The highest BCUT2D eigenvalue weighted by Crippen LogP contribution is 2.21. The number of rotatable bonds is 9. The van der Waals surface area contributed by atoms with E-state index in [0.29, 0.717) is 24.4 Å². The number of fused-ring (bicyclic) bond motifs is 1. The Kier molecular flexibility index (Phi) is 6.41. The van der Waals surface area contributed by atoms with E-state index < -0.39 is 16.1 Å². The van der Waals surface area contributed by atoms with Gasteiger partial charge in [-0.3, -0.25) is 9.82 Å². The van der Waals surface area contributed by atoms with E-state index in [2.05, 4.69) is 20.2 Å². The van der Waals surface area contributed by atoms with Crippen molar-refractivity contribution in [1.82, 2.24) is 15.5 Å². The van der Waals surface area contributed by atoms with Crippen LogP contribution in [-0.4, -0.2) is 49.2 Å². The second kappa shape index (κ2) is 8.81. The predicted octanol–water partition coefficient (Wildman–Crippen LogP) is 2.33. The van der Waals surface area contributed by atoms with Gasteiger partial charge in [-0.05, 0) is 43.7 Å². The second-order valence-corrected chi connectivity index (χ2v) is 8.90. The Morgan fingerprint density at radius 2 is 2.03 bits per heavy atom. The molecule has 29 heavy (non-hydrogen) atoms. The first kappa shape index (κ1) is 21.1. The molecule has 0 radical (unpaired) electrons. The molecule has 2 aromatic carbocycles. The van der Waals surface area contributed by atoms with Crippen LogP contribution in [0.3, 0.4) is 0 Å². The van der Waals surface area contributed by atoms with Crippen LogP contribution in [0.5, 0.6) is 5.75 Å². The van der Waals surface area contributed by atoms with Crippen molar-refractivity contribution in [3.8, 4) is 5.75 Å². The summed E-state index contributed by atoms with van der Waals surface area (Å²) >= 11 is 0. The fourth-order valence-electron chi connectivity index (χ4n) is 2.96. The summed E-state index contributed by atoms with van der Waals surface area (Å²) in [6.07, 6.45) is 0.313. The Hall–Kier alpha value is -2.62. The molecule has 3 aromatic rings. The van der Waals surface area contributed by atoms with E-state index in [0.717, 1.165) is 28.6 Å². The summed E-state index contributed by atoms with van der Waals surface area (Å²) in [5.74, 6) is 0.745. The molecule has 0 aliphatic heterocycles. The number of anilines is 1. The van der Waals surface area contributed by atoms with Gasteiger partial charge in [0.1, 0.15) is 12.4 Å². The molecule has 0 saturated carbocycles. The Bertz CT molecular complexity index is 1080. The summed E-state index contributed by atoms with van der Waals surface area (Å²) in [5, 5.41) is 21.8. The highest BCUT2D eigenvalue weighted by atomic mass is 32.2. The Labute approximate surface area is 170 Å². The molecule has 3 rings (SSSR count). The van der Waals surface area contributed by atoms with Gasteiger partial charge in [0.05, 0.1) is 23.6 Å². The fourth-order valence-corrected chi connectivity index (χ4v) is 3.51. The minimum Gasteiger partial charge on any atom is -0.492 e. The van der Waals surface area contributed by atoms with Gasteiger partial charge >= 0.3 is 0 Å². The number of nitrogens with one attached hydrogen (secondary N) is 3. The van der Waals surface area contributed by atoms with E-state index in [1.54, 1.807) is 24.3 Å². The van der Waals surface area contributed by atoms with Crippen molar-refractivity contribution in [2.24, 2.45) is 0 Å². The lowest BCUT2D eigenvalue weighted by Gasteiger charge is -2.18. The van der Waals surface area contributed by atoms with Crippen molar-refractivity contribution in [1.29, 1.82) is 0 Å². The third-order valence-corrected chi connectivity index (χ3v) is 5.07. The predicted molar refractivity (Wildman–Crippen MR) is 114 cm³/mol. The van der Waals surface area contributed by atoms with E-state index in [1.165, 1.54) is 0 Å². The number of hydrogen-bond acceptors (Lipinski definition) is 6. The van der Waals surface area contributed by atoms with Crippen molar-refractivity contribution in [2.75, 3.05) is 24.1 Å². The van der Waals surface area contributed by atoms with Crippen LogP contribution in [0.25, 0.3) is 10.9 Å². The van der Waals surface area contributed by atoms with Crippen LogP contribution < -0.4 is 14.8 Å². The molecule has 1 heterocycles. The molecule has 0 fully saturated rings. The number of sulfonamides is 1. The van der Waals surface area contributed by atoms with Gasteiger partial charge in [0, 0.05) is 29.7 Å². The first-order valence-corrected chi connectivity index (χ1v) is 11.2. The summed E-state index contributed by atoms with van der Waals surface area (Å²) in [6, 6.07) is 12.5. The highest BCUT2D eigenvalue weighted by Gasteiger charge is 2.12. The lowest BCUT2D eigenvalue weighted by molar-refractivity contribution is 0.164. The molecule has 1 aromatic heterocycles. The van der Waals surface area contributed by atoms with Crippen LogP contribution >= 0.6 is 0 Å². The maximum atomic E-state index is 11.4. The number of aryl methyl sites for hydroxylation is 1. The third kappa shape index (κ3) is 5.93. The van der Waals surface area contributed by atoms with Crippen LogP contribution in [0.2, 0.25) is 0 Å². The maximum Gasteiger partial charge on any atom is 0.229 e. The van der Waals surface area contributed by atoms with Gasteiger partial charge in [-0.1, -0.05) is 12.1 Å². The topological polar surface area (TPSA) is 116 Å². The molecule has 0 aliphatic rings. The van der Waals surface area contributed by atoms with Gasteiger partial charge in [0.15, 0.2) is 0 Å². The van der Waals surface area contributed by atoms with Crippen molar-refractivity contribution in [3.05, 3.63) is 53.7 Å². The number of nitrogens with zero attached hydrogens (tertiary/aromatic N) is 1. The third-order valence-electron chi connectivity index (χ3n) is 4.46. The second-order valence-electron chi connectivity index (χ2n) is 7.15. The summed E-state index contributed by atoms with van der Waals surface area (Å²) in [7, 11) is -3.36. The van der Waals surface area contributed by atoms with E-state index in [-0.39, 0.29) is 6.04 Å². The Morgan fingerprint density at radius 1 is 1.24 bits per heavy atom. The molecule has 0 bridgehead atoms. The monoisotopic (exact) mass is 418 g/mol. The van der Waals surface area contributed by atoms with Crippen LogP contribution in [-0.2, 0) is 10.0 Å². The van der Waals surface area contributed by atoms with E-state index >= 15 is 0 Å². The van der Waals surface area contributed by atoms with E-state index in [9.17, 15) is 13.5 Å².